The maximum Gasteiger partial charge on any atom is 0.319 e. The number of benzene rings is 2. The Kier molecular flexibility index (Phi) is 36.2. The van der Waals surface area contributed by atoms with Crippen LogP contribution in [0.3, 0.4) is 0 Å². The highest BCUT2D eigenvalue weighted by Gasteiger charge is 2.17. The smallest absolute Gasteiger partial charge is 0.319 e. The topological polar surface area (TPSA) is 640 Å². The molecule has 18 rings (SSSR count). The van der Waals surface area contributed by atoms with Gasteiger partial charge in [-0.25, -0.2) is 19.6 Å². The van der Waals surface area contributed by atoms with Crippen LogP contribution in [0.1, 0.15) is 209 Å². The van der Waals surface area contributed by atoms with E-state index in [1.54, 1.807) is 41.6 Å². The van der Waals surface area contributed by atoms with Crippen molar-refractivity contribution in [2.24, 2.45) is 0 Å². The second-order valence-electron chi connectivity index (χ2n) is 32.4. The molecule has 0 radical (unpaired) electrons. The first-order valence-electron chi connectivity index (χ1n) is 42.7. The second-order valence-corrected chi connectivity index (χ2v) is 33.9. The number of nitrogens with two attached hydrogens (primary N) is 10. The molecule has 20 N–H and O–H groups in total. The third kappa shape index (κ3) is 30.9. The van der Waals surface area contributed by atoms with Crippen LogP contribution in [0.25, 0.3) is 95.7 Å². The lowest BCUT2D eigenvalue weighted by Crippen LogP contribution is -2.00. The summed E-state index contributed by atoms with van der Waals surface area (Å²) in [4.78, 5) is 69.7. The number of hydrogen-bond donors (Lipinski definition) is 10. The molecule has 0 aliphatic rings. The SMILES string of the molecule is CC(C)c1ccc(-c2coc(N)n2)nc1.CC(C)c1ccc(-c2nc(N)no2)cc1.CC(C)c1ccc(-c2nc(N)no2)nc1.CC(C)c1ccc(-c2nc(N)ns2)cn1.CC(C)c1ccc(-c2nc(N)ns2)nc1.CC(C)c1ccc(-c2noc(N)n2)nc1.CC(C)c1ccc(-n2cnc(N)n2)cc1.CC(C)c1nc(-c2cccc(N)n2)no1.Cc1ccc(-c2cc(N)nc(N)n2)cn1. The summed E-state index contributed by atoms with van der Waals surface area (Å²) < 4.78 is 34.1. The maximum atomic E-state index is 5.58. The summed E-state index contributed by atoms with van der Waals surface area (Å²) in [6.07, 6.45) is 14.0. The molecule has 0 atom stereocenters. The fraction of sp³-hybridized carbons (Fsp3) is 0.269. The fourth-order valence-corrected chi connectivity index (χ4v) is 12.5. The molecule has 18 aromatic rings. The van der Waals surface area contributed by atoms with Crippen LogP contribution in [-0.4, -0.2) is 124 Å². The molecule has 16 heterocycles. The molecule has 700 valence electrons. The molecule has 0 unspecified atom stereocenters. The van der Waals surface area contributed by atoms with E-state index in [1.165, 1.54) is 62.7 Å². The van der Waals surface area contributed by atoms with Crippen molar-refractivity contribution in [2.45, 2.75) is 165 Å². The van der Waals surface area contributed by atoms with Crippen molar-refractivity contribution >= 4 is 82.4 Å². The van der Waals surface area contributed by atoms with Gasteiger partial charge < -0.3 is 79.8 Å². The summed E-state index contributed by atoms with van der Waals surface area (Å²) >= 11 is 2.56. The van der Waals surface area contributed by atoms with Gasteiger partial charge in [0.1, 0.15) is 57.7 Å². The van der Waals surface area contributed by atoms with Crippen LogP contribution in [0.4, 0.5) is 59.4 Å². The second kappa shape index (κ2) is 48.5. The Morgan fingerprint density at radius 2 is 0.807 bits per heavy atom. The van der Waals surface area contributed by atoms with E-state index in [2.05, 4.69) is 251 Å². The molecular formula is C93H111N35O5S2. The van der Waals surface area contributed by atoms with E-state index in [4.69, 9.17) is 75.3 Å². The van der Waals surface area contributed by atoms with Gasteiger partial charge in [0.05, 0.1) is 17.1 Å². The van der Waals surface area contributed by atoms with Crippen molar-refractivity contribution in [3.8, 4) is 95.7 Å². The lowest BCUT2D eigenvalue weighted by atomic mass is 10.0. The van der Waals surface area contributed by atoms with Crippen LogP contribution >= 0.6 is 23.1 Å². The molecule has 0 amide bonds. The monoisotopic (exact) mass is 1860 g/mol. The van der Waals surface area contributed by atoms with Gasteiger partial charge in [-0.1, -0.05) is 176 Å². The molecule has 0 spiro atoms. The van der Waals surface area contributed by atoms with Gasteiger partial charge in [-0.2, -0.15) is 48.6 Å². The highest BCUT2D eigenvalue weighted by Crippen LogP contribution is 2.30. The highest BCUT2D eigenvalue weighted by atomic mass is 32.1. The van der Waals surface area contributed by atoms with Crippen molar-refractivity contribution in [1.29, 1.82) is 0 Å². The van der Waals surface area contributed by atoms with Gasteiger partial charge in [-0.3, -0.25) is 29.9 Å². The Hall–Kier alpha value is -16.4. The van der Waals surface area contributed by atoms with E-state index in [9.17, 15) is 0 Å². The summed E-state index contributed by atoms with van der Waals surface area (Å²) in [5.41, 5.74) is 72.5. The maximum absolute atomic E-state index is 5.58. The molecule has 0 fully saturated rings. The van der Waals surface area contributed by atoms with Gasteiger partial charge in [0.15, 0.2) is 5.01 Å². The number of nitrogens with zero attached hydrogens (tertiary/aromatic N) is 25. The molecule has 2 aromatic carbocycles. The number of nitrogen functional groups attached to an aromatic ring is 10. The molecule has 0 bridgehead atoms. The number of anilines is 10. The van der Waals surface area contributed by atoms with Crippen LogP contribution in [0, 0.1) is 6.92 Å². The predicted molar refractivity (Wildman–Crippen MR) is 527 cm³/mol. The lowest BCUT2D eigenvalue weighted by Gasteiger charge is -2.06. The molecule has 42 heteroatoms. The minimum absolute atomic E-state index is 0.0553. The van der Waals surface area contributed by atoms with Crippen molar-refractivity contribution < 1.29 is 22.5 Å². The molecule has 16 aromatic heterocycles. The summed E-state index contributed by atoms with van der Waals surface area (Å²) in [6, 6.07) is 47.0. The minimum Gasteiger partial charge on any atom is -0.432 e. The first kappa shape index (κ1) is 101. The van der Waals surface area contributed by atoms with Crippen LogP contribution in [0.2, 0.25) is 0 Å². The fourth-order valence-electron chi connectivity index (χ4n) is 11.3. The van der Waals surface area contributed by atoms with Crippen LogP contribution < -0.4 is 57.3 Å². The number of hydrogen-bond acceptors (Lipinski definition) is 41. The zero-order valence-corrected chi connectivity index (χ0v) is 79.5. The molecule has 0 aliphatic carbocycles. The highest BCUT2D eigenvalue weighted by molar-refractivity contribution is 7.09. The average molecular weight is 1860 g/mol. The average Bonchev–Trinajstić information content (AvgIpc) is 1.82. The molecule has 0 aliphatic heterocycles. The number of aromatic nitrogens is 25. The van der Waals surface area contributed by atoms with E-state index in [-0.39, 0.29) is 35.8 Å². The van der Waals surface area contributed by atoms with Gasteiger partial charge in [0.2, 0.25) is 41.3 Å². The van der Waals surface area contributed by atoms with Gasteiger partial charge in [0.25, 0.3) is 29.7 Å². The van der Waals surface area contributed by atoms with Crippen LogP contribution in [-0.2, 0) is 0 Å². The lowest BCUT2D eigenvalue weighted by molar-refractivity contribution is 0.365. The molecular weight excluding hydrogens is 1750 g/mol. The summed E-state index contributed by atoms with van der Waals surface area (Å²) in [5, 5.41) is 20.2. The van der Waals surface area contributed by atoms with Gasteiger partial charge in [0, 0.05) is 77.2 Å². The number of rotatable bonds is 17. The largest absolute Gasteiger partial charge is 0.432 e. The van der Waals surface area contributed by atoms with Crippen LogP contribution in [0.15, 0.2) is 218 Å². The predicted octanol–water partition coefficient (Wildman–Crippen LogP) is 18.0. The molecule has 0 saturated carbocycles. The first-order chi connectivity index (χ1) is 64.5. The Balaban J connectivity index is 0.000000157. The Labute approximate surface area is 788 Å². The summed E-state index contributed by atoms with van der Waals surface area (Å²) in [5.74, 6) is 8.12. The Bertz CT molecular complexity index is 5710. The van der Waals surface area contributed by atoms with E-state index in [1.807, 2.05) is 143 Å². The number of aryl methyl sites for hydroxylation is 1. The Morgan fingerprint density at radius 1 is 0.304 bits per heavy atom. The number of oxazole rings is 1. The quantitative estimate of drug-likeness (QED) is 0.0405. The van der Waals surface area contributed by atoms with E-state index >= 15 is 0 Å². The summed E-state index contributed by atoms with van der Waals surface area (Å²) in [7, 11) is 0. The standard InChI is InChI=1S/C11H14N4.2C11H13N3O.C10H11N5.3C10H12N4O.2C10H12N4S/c1-8(2)9-3-5-10(6-4-9)15-7-13-11(12)14-15;1-7(2)8-3-5-9(6-4-8)10-13-11(12)14-15-10;1-7(2)8-3-4-9(13-5-8)10-6-15-11(12)14-10;1-6-2-3-7(5-13-6)8-4-9(11)15-10(12)14-8;1-6(2)7-3-4-8(12-5-7)9-13-10(11)14-15-9;1-6(2)7-3-4-8(12-5-7)9-13-10(11)15-14-9;1-6(2)10-13-9(14-15-10)7-4-3-5-8(11)12-7;1-6(2)8-4-3-7(5-12-8)9-13-10(11)14-15-9;1-6(2)7-3-4-8(12-5-7)9-13-10(11)14-15-9/h3-8H,1-2H3,(H2,12,14);2*3-7H,1-2H3,(H2,12,14);2-5H,1H3,(H4,11,12,14,15);3-6H,1-2H3,(H2,11,14);3-6H,1-2H3,(H2,11,13,14);3-6H,1-2H3,(H2,11,12);2*3-6H,1-2H3,(H2,11,14). The third-order valence-electron chi connectivity index (χ3n) is 19.2. The van der Waals surface area contributed by atoms with E-state index in [0.29, 0.717) is 129 Å². The van der Waals surface area contributed by atoms with E-state index in [0.717, 1.165) is 55.2 Å². The third-order valence-corrected chi connectivity index (χ3v) is 20.7. The zero-order valence-electron chi connectivity index (χ0n) is 77.9. The molecule has 0 saturated heterocycles. The first-order valence-corrected chi connectivity index (χ1v) is 44.3. The zero-order chi connectivity index (χ0) is 97.5. The van der Waals surface area contributed by atoms with Crippen molar-refractivity contribution in [1.82, 2.24) is 124 Å². The van der Waals surface area contributed by atoms with Gasteiger partial charge in [-0.15, -0.1) is 5.10 Å². The number of pyridine rings is 7. The van der Waals surface area contributed by atoms with Gasteiger partial charge in [-0.05, 0) is 200 Å². The van der Waals surface area contributed by atoms with Crippen molar-refractivity contribution in [3.63, 3.8) is 0 Å². The molecule has 135 heavy (non-hydrogen) atoms. The van der Waals surface area contributed by atoms with Crippen molar-refractivity contribution in [3.05, 3.63) is 246 Å². The van der Waals surface area contributed by atoms with Gasteiger partial charge >= 0.3 is 6.01 Å². The van der Waals surface area contributed by atoms with Crippen molar-refractivity contribution in [2.75, 3.05) is 57.3 Å². The normalized spacial score (nSPS) is 10.8. The van der Waals surface area contributed by atoms with Crippen LogP contribution in [0.5, 0.6) is 0 Å². The molecule has 40 nitrogen and oxygen atoms in total. The minimum atomic E-state index is 0.0553. The van der Waals surface area contributed by atoms with E-state index < -0.39 is 0 Å². The summed E-state index contributed by atoms with van der Waals surface area (Å²) in [6.45, 7) is 35.8. The Morgan fingerprint density at radius 3 is 1.24 bits per heavy atom.